The quantitative estimate of drug-likeness (QED) is 0.374. The first-order chi connectivity index (χ1) is 17.9. The standard InChI is InChI=1S/C26H25FN5O4.Pb/c1-31-7-5-20-19(12-31)22(4-6-29-20)35-17-9-26(10-17)13-32(14-26)24-23(11-28-15-30-24)36-21-3-2-16(27)8-18(21)25(33)34;/h2-4,6,8,11,15,17H,1,5,7,9-10,12-14H2,(H,33,34);. The van der Waals surface area contributed by atoms with Crippen molar-refractivity contribution in [3.05, 3.63) is 65.6 Å². The van der Waals surface area contributed by atoms with Crippen LogP contribution in [0, 0.1) is 11.2 Å². The van der Waals surface area contributed by atoms with Gasteiger partial charge in [-0.25, -0.2) is 19.2 Å². The van der Waals surface area contributed by atoms with Crippen LogP contribution in [0.1, 0.15) is 34.5 Å². The summed E-state index contributed by atoms with van der Waals surface area (Å²) in [5.74, 6) is 0.0406. The van der Waals surface area contributed by atoms with Crippen molar-refractivity contribution in [2.24, 2.45) is 5.41 Å². The summed E-state index contributed by atoms with van der Waals surface area (Å²) in [5.41, 5.74) is 2.32. The van der Waals surface area contributed by atoms with Crippen LogP contribution in [-0.4, -0.2) is 86.5 Å². The van der Waals surface area contributed by atoms with Crippen molar-refractivity contribution < 1.29 is 23.8 Å². The zero-order valence-electron chi connectivity index (χ0n) is 20.1. The van der Waals surface area contributed by atoms with Crippen LogP contribution in [0.15, 0.2) is 43.0 Å². The van der Waals surface area contributed by atoms with Gasteiger partial charge >= 0.3 is 147 Å². The molecule has 37 heavy (non-hydrogen) atoms. The Balaban J connectivity index is 1.10. The summed E-state index contributed by atoms with van der Waals surface area (Å²) in [6.45, 7) is 3.60. The molecule has 2 aliphatic heterocycles. The molecule has 1 aromatic carbocycles. The number of anilines is 1. The predicted octanol–water partition coefficient (Wildman–Crippen LogP) is 3.03. The topological polar surface area (TPSA) is 101 Å². The summed E-state index contributed by atoms with van der Waals surface area (Å²) in [4.78, 5) is 29.1. The number of aromatic nitrogens is 3. The molecule has 1 saturated carbocycles. The fourth-order valence-corrected chi connectivity index (χ4v) is 6.60. The zero-order chi connectivity index (χ0) is 25.6. The first-order valence-electron chi connectivity index (χ1n) is 12.2. The van der Waals surface area contributed by atoms with Gasteiger partial charge in [-0.15, -0.1) is 0 Å². The number of pyridine rings is 1. The number of carboxylic acid groups (broad SMARTS) is 1. The van der Waals surface area contributed by atoms with E-state index in [2.05, 4.69) is 24.8 Å². The van der Waals surface area contributed by atoms with Crippen LogP contribution >= 0.6 is 0 Å². The maximum absolute atomic E-state index is 13.6. The Morgan fingerprint density at radius 2 is 2.03 bits per heavy atom. The first-order valence-corrected chi connectivity index (χ1v) is 14.9. The fourth-order valence-electron chi connectivity index (χ4n) is 5.55. The van der Waals surface area contributed by atoms with E-state index in [0.29, 0.717) is 11.6 Å². The van der Waals surface area contributed by atoms with Crippen LogP contribution in [0.3, 0.4) is 0 Å². The van der Waals surface area contributed by atoms with Crippen molar-refractivity contribution in [3.63, 3.8) is 0 Å². The fraction of sp³-hybridized carbons (Fsp3) is 0.385. The molecule has 1 saturated heterocycles. The van der Waals surface area contributed by atoms with Gasteiger partial charge in [0, 0.05) is 0 Å². The summed E-state index contributed by atoms with van der Waals surface area (Å²) in [6, 6.07) is 5.41. The zero-order valence-corrected chi connectivity index (χ0v) is 23.9. The van der Waals surface area contributed by atoms with E-state index < -0.39 is 11.8 Å². The molecule has 3 aromatic rings. The van der Waals surface area contributed by atoms with Crippen LogP contribution in [0.5, 0.6) is 17.2 Å². The van der Waals surface area contributed by atoms with E-state index in [-0.39, 0.29) is 22.8 Å². The Bertz CT molecular complexity index is 1340. The van der Waals surface area contributed by atoms with Crippen molar-refractivity contribution >= 4 is 37.6 Å². The second kappa shape index (κ2) is 9.78. The molecule has 0 bridgehead atoms. The number of hydrogen-bond acceptors (Lipinski definition) is 8. The van der Waals surface area contributed by atoms with Crippen molar-refractivity contribution in [1.29, 1.82) is 0 Å². The molecule has 0 amide bonds. The van der Waals surface area contributed by atoms with E-state index in [1.807, 2.05) is 12.3 Å². The molecule has 2 fully saturated rings. The monoisotopic (exact) mass is 698 g/mol. The second-order valence-corrected chi connectivity index (χ2v) is 11.2. The van der Waals surface area contributed by atoms with E-state index in [9.17, 15) is 14.3 Å². The van der Waals surface area contributed by atoms with Crippen LogP contribution in [-0.2, 0) is 13.0 Å². The summed E-state index contributed by atoms with van der Waals surface area (Å²) >= 11 is 1.16. The van der Waals surface area contributed by atoms with Gasteiger partial charge in [-0.3, -0.25) is 0 Å². The second-order valence-electron chi connectivity index (χ2n) is 9.96. The van der Waals surface area contributed by atoms with Gasteiger partial charge in [0.1, 0.15) is 23.5 Å². The molecule has 1 aliphatic carbocycles. The number of fused-ring (bicyclic) bond motifs is 1. The molecule has 4 heterocycles. The minimum absolute atomic E-state index is 0.0435. The first kappa shape index (κ1) is 24.5. The van der Waals surface area contributed by atoms with Gasteiger partial charge in [-0.05, 0) is 18.2 Å². The third-order valence-corrected chi connectivity index (χ3v) is 9.13. The van der Waals surface area contributed by atoms with Crippen LogP contribution in [0.25, 0.3) is 0 Å². The molecule has 11 heteroatoms. The van der Waals surface area contributed by atoms with Gasteiger partial charge in [0.15, 0.2) is 5.75 Å². The van der Waals surface area contributed by atoms with Crippen molar-refractivity contribution in [3.8, 4) is 17.2 Å². The van der Waals surface area contributed by atoms with Crippen LogP contribution in [0.2, 0.25) is 0 Å². The molecule has 0 atom stereocenters. The van der Waals surface area contributed by atoms with Crippen molar-refractivity contribution in [2.45, 2.75) is 31.9 Å². The summed E-state index contributed by atoms with van der Waals surface area (Å²) in [7, 11) is 0. The number of ether oxygens (including phenoxy) is 2. The molecular weight excluding hydrogens is 673 g/mol. The SMILES string of the molecule is O=C(O)c1cc(F)ccc1Oc1cncnc1N1CC2(CC(Oc3ccnc4c3CN([CH2][Pb])CC4)C2)C1. The van der Waals surface area contributed by atoms with Crippen LogP contribution < -0.4 is 14.4 Å². The normalized spacial score (nSPS) is 18.6. The Morgan fingerprint density at radius 3 is 2.81 bits per heavy atom. The number of halogens is 1. The van der Waals surface area contributed by atoms with Crippen molar-refractivity contribution in [2.75, 3.05) is 28.6 Å². The Morgan fingerprint density at radius 1 is 1.19 bits per heavy atom. The van der Waals surface area contributed by atoms with E-state index in [1.165, 1.54) is 30.2 Å². The molecule has 189 valence electrons. The molecule has 6 rings (SSSR count). The van der Waals surface area contributed by atoms with E-state index in [4.69, 9.17) is 9.47 Å². The Labute approximate surface area is 229 Å². The number of benzene rings is 1. The molecule has 9 nitrogen and oxygen atoms in total. The van der Waals surface area contributed by atoms with E-state index in [1.54, 1.807) is 0 Å². The summed E-state index contributed by atoms with van der Waals surface area (Å²) < 4.78 is 27.0. The minimum atomic E-state index is -1.27. The number of carbonyl (C=O) groups is 1. The Kier molecular flexibility index (Phi) is 6.47. The number of carboxylic acids is 1. The van der Waals surface area contributed by atoms with Gasteiger partial charge in [0.2, 0.25) is 0 Å². The van der Waals surface area contributed by atoms with E-state index in [0.717, 1.165) is 92.8 Å². The number of aromatic carboxylic acids is 1. The van der Waals surface area contributed by atoms with Crippen molar-refractivity contribution in [1.82, 2.24) is 19.9 Å². The summed E-state index contributed by atoms with van der Waals surface area (Å²) in [6.07, 6.45) is 7.89. The van der Waals surface area contributed by atoms with Gasteiger partial charge in [-0.2, -0.15) is 0 Å². The average molecular weight is 698 g/mol. The molecule has 0 unspecified atom stereocenters. The third kappa shape index (κ3) is 4.76. The van der Waals surface area contributed by atoms with Gasteiger partial charge in [0.05, 0.1) is 6.20 Å². The molecule has 1 spiro atoms. The number of rotatable bonds is 7. The molecule has 3 aliphatic rings. The van der Waals surface area contributed by atoms with Crippen LogP contribution in [0.4, 0.5) is 10.2 Å². The molecule has 2 aromatic heterocycles. The molecule has 1 N–H and O–H groups in total. The third-order valence-electron chi connectivity index (χ3n) is 7.39. The van der Waals surface area contributed by atoms with Gasteiger partial charge in [0.25, 0.3) is 0 Å². The van der Waals surface area contributed by atoms with Gasteiger partial charge in [-0.1, -0.05) is 0 Å². The predicted molar refractivity (Wildman–Crippen MR) is 133 cm³/mol. The van der Waals surface area contributed by atoms with E-state index >= 15 is 0 Å². The summed E-state index contributed by atoms with van der Waals surface area (Å²) in [5, 5.41) is 9.43. The number of hydrogen-bond donors (Lipinski definition) is 1. The number of nitrogens with zero attached hydrogens (tertiary/aromatic N) is 5. The molecule has 3 radical (unpaired) electrons. The Hall–Kier alpha value is -2.87. The van der Waals surface area contributed by atoms with Gasteiger partial charge < -0.3 is 9.84 Å². The average Bonchev–Trinajstić information content (AvgIpc) is 2.86. The maximum atomic E-state index is 13.6. The molecular formula is C26H25FN5O4Pb.